The first kappa shape index (κ1) is 12.9. The number of rotatable bonds is 4. The molecule has 2 aromatic carbocycles. The highest BCUT2D eigenvalue weighted by molar-refractivity contribution is 5.95. The molecule has 0 aliphatic rings. The lowest BCUT2D eigenvalue weighted by Crippen LogP contribution is -2.21. The van der Waals surface area contributed by atoms with E-state index >= 15 is 0 Å². The summed E-state index contributed by atoms with van der Waals surface area (Å²) in [5.74, 6) is 0.856. The Kier molecular flexibility index (Phi) is 3.52. The maximum Gasteiger partial charge on any atom is 0.171 e. The third-order valence-electron chi connectivity index (χ3n) is 3.38. The van der Waals surface area contributed by atoms with Crippen molar-refractivity contribution in [2.45, 2.75) is 26.4 Å². The van der Waals surface area contributed by atoms with Gasteiger partial charge in [0.25, 0.3) is 0 Å². The Hall–Kier alpha value is -2.13. The zero-order chi connectivity index (χ0) is 13.9. The van der Waals surface area contributed by atoms with Gasteiger partial charge in [-0.3, -0.25) is 0 Å². The predicted molar refractivity (Wildman–Crippen MR) is 81.4 cm³/mol. The van der Waals surface area contributed by atoms with Gasteiger partial charge in [0.2, 0.25) is 0 Å². The summed E-state index contributed by atoms with van der Waals surface area (Å²) in [6.07, 6.45) is 1.80. The normalized spacial score (nSPS) is 11.3. The van der Waals surface area contributed by atoms with Crippen LogP contribution in [0.4, 0.5) is 0 Å². The van der Waals surface area contributed by atoms with E-state index in [1.54, 1.807) is 6.20 Å². The fourth-order valence-corrected chi connectivity index (χ4v) is 2.35. The first-order valence-electron chi connectivity index (χ1n) is 6.91. The Morgan fingerprint density at radius 1 is 1.10 bits per heavy atom. The monoisotopic (exact) mass is 266 g/mol. The Morgan fingerprint density at radius 2 is 1.90 bits per heavy atom. The minimum atomic E-state index is 0.435. The summed E-state index contributed by atoms with van der Waals surface area (Å²) < 4.78 is 5.50. The molecule has 0 fully saturated rings. The van der Waals surface area contributed by atoms with Crippen LogP contribution >= 0.6 is 0 Å². The van der Waals surface area contributed by atoms with E-state index in [4.69, 9.17) is 4.52 Å². The summed E-state index contributed by atoms with van der Waals surface area (Å²) in [7, 11) is 0. The molecule has 0 atom stereocenters. The topological polar surface area (TPSA) is 38.1 Å². The average Bonchev–Trinajstić information content (AvgIpc) is 2.92. The van der Waals surface area contributed by atoms with Crippen molar-refractivity contribution in [1.82, 2.24) is 10.5 Å². The number of hydrogen-bond donors (Lipinski definition) is 1. The zero-order valence-electron chi connectivity index (χ0n) is 11.8. The van der Waals surface area contributed by atoms with Crippen LogP contribution in [0.2, 0.25) is 0 Å². The molecule has 0 spiro atoms. The molecule has 0 bridgehead atoms. The van der Waals surface area contributed by atoms with Gasteiger partial charge in [0.05, 0.1) is 6.20 Å². The van der Waals surface area contributed by atoms with Crippen molar-refractivity contribution in [3.63, 3.8) is 0 Å². The lowest BCUT2D eigenvalue weighted by molar-refractivity contribution is 0.431. The van der Waals surface area contributed by atoms with Gasteiger partial charge in [-0.25, -0.2) is 0 Å². The van der Waals surface area contributed by atoms with Crippen LogP contribution in [0, 0.1) is 0 Å². The molecule has 20 heavy (non-hydrogen) atoms. The van der Waals surface area contributed by atoms with Crippen LogP contribution in [0.15, 0.2) is 53.2 Å². The maximum atomic E-state index is 5.50. The van der Waals surface area contributed by atoms with Gasteiger partial charge in [0.1, 0.15) is 0 Å². The van der Waals surface area contributed by atoms with Crippen molar-refractivity contribution in [1.29, 1.82) is 0 Å². The van der Waals surface area contributed by atoms with Gasteiger partial charge in [-0.05, 0) is 10.8 Å². The molecule has 1 aromatic heterocycles. The molecule has 0 saturated heterocycles. The summed E-state index contributed by atoms with van der Waals surface area (Å²) >= 11 is 0. The molecular weight excluding hydrogens is 248 g/mol. The van der Waals surface area contributed by atoms with E-state index < -0.39 is 0 Å². The van der Waals surface area contributed by atoms with Crippen LogP contribution in [0.5, 0.6) is 0 Å². The molecule has 3 aromatic rings. The molecule has 102 valence electrons. The standard InChI is InChI=1S/C17H18N2O/c1-12(2)18-10-14-11-19-20-17(14)16-9-5-7-13-6-3-4-8-15(13)16/h3-9,11-12,18H,10H2,1-2H3. The molecule has 0 aliphatic heterocycles. The van der Waals surface area contributed by atoms with Crippen LogP contribution in [-0.4, -0.2) is 11.2 Å². The molecule has 1 N–H and O–H groups in total. The number of nitrogens with one attached hydrogen (secondary N) is 1. The number of benzene rings is 2. The van der Waals surface area contributed by atoms with E-state index in [9.17, 15) is 0 Å². The molecule has 1 heterocycles. The molecule has 0 aliphatic carbocycles. The van der Waals surface area contributed by atoms with Crippen LogP contribution < -0.4 is 5.32 Å². The third-order valence-corrected chi connectivity index (χ3v) is 3.38. The van der Waals surface area contributed by atoms with Gasteiger partial charge in [-0.2, -0.15) is 0 Å². The summed E-state index contributed by atoms with van der Waals surface area (Å²) in [6, 6.07) is 15.0. The Labute approximate surface area is 118 Å². The van der Waals surface area contributed by atoms with Gasteiger partial charge in [0.15, 0.2) is 5.76 Å². The lowest BCUT2D eigenvalue weighted by atomic mass is 10.0. The largest absolute Gasteiger partial charge is 0.356 e. The van der Waals surface area contributed by atoms with Gasteiger partial charge < -0.3 is 9.84 Å². The first-order chi connectivity index (χ1) is 9.75. The SMILES string of the molecule is CC(C)NCc1cnoc1-c1cccc2ccccc12. The van der Waals surface area contributed by atoms with Crippen molar-refractivity contribution in [2.24, 2.45) is 0 Å². The molecule has 3 nitrogen and oxygen atoms in total. The predicted octanol–water partition coefficient (Wildman–Crippen LogP) is 3.99. The van der Waals surface area contributed by atoms with E-state index in [-0.39, 0.29) is 0 Å². The van der Waals surface area contributed by atoms with Crippen LogP contribution in [0.25, 0.3) is 22.1 Å². The second-order valence-corrected chi connectivity index (χ2v) is 5.24. The third kappa shape index (κ3) is 2.45. The van der Waals surface area contributed by atoms with Crippen molar-refractivity contribution in [2.75, 3.05) is 0 Å². The molecule has 0 saturated carbocycles. The number of nitrogens with zero attached hydrogens (tertiary/aromatic N) is 1. The lowest BCUT2D eigenvalue weighted by Gasteiger charge is -2.08. The van der Waals surface area contributed by atoms with E-state index in [0.717, 1.165) is 23.4 Å². The van der Waals surface area contributed by atoms with Crippen molar-refractivity contribution < 1.29 is 4.52 Å². The highest BCUT2D eigenvalue weighted by Crippen LogP contribution is 2.30. The molecule has 3 heteroatoms. The van der Waals surface area contributed by atoms with Gasteiger partial charge in [-0.1, -0.05) is 61.5 Å². The van der Waals surface area contributed by atoms with Crippen molar-refractivity contribution >= 4 is 10.8 Å². The van der Waals surface area contributed by atoms with E-state index in [0.29, 0.717) is 6.04 Å². The number of hydrogen-bond acceptors (Lipinski definition) is 3. The molecule has 0 unspecified atom stereocenters. The maximum absolute atomic E-state index is 5.50. The van der Waals surface area contributed by atoms with Crippen molar-refractivity contribution in [3.8, 4) is 11.3 Å². The summed E-state index contributed by atoms with van der Waals surface area (Å²) in [5.41, 5.74) is 2.19. The van der Waals surface area contributed by atoms with E-state index in [2.05, 4.69) is 54.7 Å². The second kappa shape index (κ2) is 5.47. The van der Waals surface area contributed by atoms with E-state index in [1.807, 2.05) is 12.1 Å². The summed E-state index contributed by atoms with van der Waals surface area (Å²) in [4.78, 5) is 0. The molecule has 3 rings (SSSR count). The summed E-state index contributed by atoms with van der Waals surface area (Å²) in [6.45, 7) is 5.02. The zero-order valence-corrected chi connectivity index (χ0v) is 11.8. The van der Waals surface area contributed by atoms with Crippen LogP contribution in [-0.2, 0) is 6.54 Å². The van der Waals surface area contributed by atoms with Gasteiger partial charge in [0, 0.05) is 23.7 Å². The number of fused-ring (bicyclic) bond motifs is 1. The Morgan fingerprint density at radius 3 is 2.75 bits per heavy atom. The summed E-state index contributed by atoms with van der Waals surface area (Å²) in [5, 5.41) is 9.78. The fraction of sp³-hybridized carbons (Fsp3) is 0.235. The smallest absolute Gasteiger partial charge is 0.171 e. The average molecular weight is 266 g/mol. The number of aromatic nitrogens is 1. The molecule has 0 amide bonds. The van der Waals surface area contributed by atoms with Gasteiger partial charge in [-0.15, -0.1) is 0 Å². The quantitative estimate of drug-likeness (QED) is 0.775. The van der Waals surface area contributed by atoms with Crippen LogP contribution in [0.1, 0.15) is 19.4 Å². The Balaban J connectivity index is 2.05. The van der Waals surface area contributed by atoms with Crippen molar-refractivity contribution in [3.05, 3.63) is 54.2 Å². The Bertz CT molecular complexity index is 710. The molecular formula is C17H18N2O. The minimum absolute atomic E-state index is 0.435. The highest BCUT2D eigenvalue weighted by Gasteiger charge is 2.13. The van der Waals surface area contributed by atoms with E-state index in [1.165, 1.54) is 10.8 Å². The highest BCUT2D eigenvalue weighted by atomic mass is 16.5. The van der Waals surface area contributed by atoms with Gasteiger partial charge >= 0.3 is 0 Å². The van der Waals surface area contributed by atoms with Crippen LogP contribution in [0.3, 0.4) is 0 Å². The first-order valence-corrected chi connectivity index (χ1v) is 6.91. The molecule has 0 radical (unpaired) electrons. The minimum Gasteiger partial charge on any atom is -0.356 e. The fourth-order valence-electron chi connectivity index (χ4n) is 2.35. The second-order valence-electron chi connectivity index (χ2n) is 5.24.